The fourth-order valence-corrected chi connectivity index (χ4v) is 2.60. The van der Waals surface area contributed by atoms with Crippen molar-refractivity contribution in [2.45, 2.75) is 33.0 Å². The predicted octanol–water partition coefficient (Wildman–Crippen LogP) is 3.32. The molecule has 2 rings (SSSR count). The summed E-state index contributed by atoms with van der Waals surface area (Å²) in [4.78, 5) is 6.61. The maximum Gasteiger partial charge on any atom is 0.387 e. The average molecular weight is 520 g/mol. The number of ether oxygens (including phenoxy) is 1. The van der Waals surface area contributed by atoms with E-state index in [0.29, 0.717) is 26.2 Å². The number of hydrogen-bond acceptors (Lipinski definition) is 4. The van der Waals surface area contributed by atoms with Gasteiger partial charge in [-0.05, 0) is 17.7 Å². The standard InChI is InChI=1S/C19H26F2N6O.HI/c1-4-10-22-19(23-11-12-27-14-24-25-17(27)5-2)26(3)13-15-6-8-16(9-7-15)28-18(20)21;/h4,6-9,14,18H,1,5,10-13H2,2-3H3,(H,22,23);1H. The summed E-state index contributed by atoms with van der Waals surface area (Å²) >= 11 is 0. The molecule has 0 spiro atoms. The van der Waals surface area contributed by atoms with E-state index >= 15 is 0 Å². The van der Waals surface area contributed by atoms with Crippen LogP contribution in [0.25, 0.3) is 0 Å². The molecule has 1 heterocycles. The van der Waals surface area contributed by atoms with Gasteiger partial charge in [0, 0.05) is 33.1 Å². The Morgan fingerprint density at radius 3 is 2.72 bits per heavy atom. The molecule has 1 aromatic heterocycles. The van der Waals surface area contributed by atoms with Crippen molar-refractivity contribution in [2.24, 2.45) is 4.99 Å². The number of rotatable bonds is 10. The molecule has 0 saturated carbocycles. The van der Waals surface area contributed by atoms with E-state index in [1.54, 1.807) is 24.5 Å². The smallest absolute Gasteiger partial charge is 0.387 e. The highest BCUT2D eigenvalue weighted by atomic mass is 127. The molecule has 2 aromatic rings. The van der Waals surface area contributed by atoms with Gasteiger partial charge in [0.15, 0.2) is 5.96 Å². The second kappa shape index (κ2) is 13.1. The highest BCUT2D eigenvalue weighted by Crippen LogP contribution is 2.15. The lowest BCUT2D eigenvalue weighted by molar-refractivity contribution is -0.0498. The van der Waals surface area contributed by atoms with E-state index in [9.17, 15) is 8.78 Å². The summed E-state index contributed by atoms with van der Waals surface area (Å²) in [7, 11) is 1.91. The lowest BCUT2D eigenvalue weighted by Gasteiger charge is -2.22. The van der Waals surface area contributed by atoms with Crippen LogP contribution < -0.4 is 10.1 Å². The van der Waals surface area contributed by atoms with Crippen LogP contribution in [-0.2, 0) is 19.5 Å². The zero-order valence-corrected chi connectivity index (χ0v) is 18.9. The molecule has 0 radical (unpaired) electrons. The summed E-state index contributed by atoms with van der Waals surface area (Å²) in [6.45, 7) is 5.32. The normalized spacial score (nSPS) is 11.1. The number of alkyl halides is 2. The largest absolute Gasteiger partial charge is 0.435 e. The van der Waals surface area contributed by atoms with E-state index in [0.717, 1.165) is 23.8 Å². The van der Waals surface area contributed by atoms with Crippen molar-refractivity contribution in [3.63, 3.8) is 0 Å². The first kappa shape index (κ1) is 24.8. The molecule has 1 aromatic carbocycles. The fourth-order valence-electron chi connectivity index (χ4n) is 2.60. The zero-order chi connectivity index (χ0) is 20.4. The number of nitrogens with zero attached hydrogens (tertiary/aromatic N) is 5. The third-order valence-corrected chi connectivity index (χ3v) is 3.95. The van der Waals surface area contributed by atoms with Gasteiger partial charge >= 0.3 is 6.61 Å². The van der Waals surface area contributed by atoms with Crippen LogP contribution in [0.2, 0.25) is 0 Å². The van der Waals surface area contributed by atoms with Gasteiger partial charge in [0.05, 0.1) is 6.54 Å². The summed E-state index contributed by atoms with van der Waals surface area (Å²) in [5.74, 6) is 1.79. The van der Waals surface area contributed by atoms with Gasteiger partial charge in [-0.15, -0.1) is 40.8 Å². The van der Waals surface area contributed by atoms with E-state index in [4.69, 9.17) is 0 Å². The second-order valence-electron chi connectivity index (χ2n) is 6.05. The maximum atomic E-state index is 12.3. The Balaban J connectivity index is 0.00000420. The van der Waals surface area contributed by atoms with Gasteiger partial charge in [0.1, 0.15) is 17.9 Å². The van der Waals surface area contributed by atoms with Crippen molar-refractivity contribution in [3.05, 3.63) is 54.6 Å². The second-order valence-corrected chi connectivity index (χ2v) is 6.05. The first-order valence-corrected chi connectivity index (χ1v) is 9.04. The molecule has 0 unspecified atom stereocenters. The van der Waals surface area contributed by atoms with Crippen molar-refractivity contribution in [3.8, 4) is 5.75 Å². The maximum absolute atomic E-state index is 12.3. The lowest BCUT2D eigenvalue weighted by Crippen LogP contribution is -2.39. The minimum absolute atomic E-state index is 0. The third-order valence-electron chi connectivity index (χ3n) is 3.95. The Morgan fingerprint density at radius 1 is 1.38 bits per heavy atom. The van der Waals surface area contributed by atoms with Crippen molar-refractivity contribution in [1.82, 2.24) is 25.0 Å². The number of benzene rings is 1. The first-order valence-electron chi connectivity index (χ1n) is 9.04. The molecular formula is C19H27F2IN6O. The quantitative estimate of drug-likeness (QED) is 0.226. The van der Waals surface area contributed by atoms with E-state index < -0.39 is 6.61 Å². The minimum atomic E-state index is -2.82. The van der Waals surface area contributed by atoms with Crippen LogP contribution in [0.15, 0.2) is 48.2 Å². The Kier molecular flexibility index (Phi) is 11.2. The predicted molar refractivity (Wildman–Crippen MR) is 120 cm³/mol. The van der Waals surface area contributed by atoms with Crippen LogP contribution in [-0.4, -0.2) is 52.4 Å². The van der Waals surface area contributed by atoms with Crippen LogP contribution in [0.4, 0.5) is 8.78 Å². The minimum Gasteiger partial charge on any atom is -0.435 e. The van der Waals surface area contributed by atoms with Gasteiger partial charge in [0.25, 0.3) is 0 Å². The molecule has 0 amide bonds. The molecule has 0 aliphatic heterocycles. The van der Waals surface area contributed by atoms with Crippen molar-refractivity contribution < 1.29 is 13.5 Å². The van der Waals surface area contributed by atoms with Crippen molar-refractivity contribution in [1.29, 1.82) is 0 Å². The number of hydrogen-bond donors (Lipinski definition) is 1. The number of aliphatic imine (C=N–C) groups is 1. The number of halogens is 3. The van der Waals surface area contributed by atoms with Gasteiger partial charge in [-0.1, -0.05) is 25.1 Å². The Hall–Kier alpha value is -2.24. The van der Waals surface area contributed by atoms with Gasteiger partial charge in [-0.2, -0.15) is 8.78 Å². The average Bonchev–Trinajstić information content (AvgIpc) is 3.13. The van der Waals surface area contributed by atoms with Crippen LogP contribution in [0.5, 0.6) is 5.75 Å². The van der Waals surface area contributed by atoms with E-state index in [1.165, 1.54) is 12.1 Å². The van der Waals surface area contributed by atoms with Crippen molar-refractivity contribution in [2.75, 3.05) is 20.1 Å². The highest BCUT2D eigenvalue weighted by molar-refractivity contribution is 14.0. The van der Waals surface area contributed by atoms with E-state index in [2.05, 4.69) is 31.8 Å². The van der Waals surface area contributed by atoms with Gasteiger partial charge in [-0.25, -0.2) is 0 Å². The van der Waals surface area contributed by atoms with Crippen molar-refractivity contribution >= 4 is 29.9 Å². The Morgan fingerprint density at radius 2 is 2.10 bits per heavy atom. The molecule has 0 bridgehead atoms. The molecule has 0 aliphatic rings. The molecule has 10 heteroatoms. The van der Waals surface area contributed by atoms with Crippen LogP contribution >= 0.6 is 24.0 Å². The SMILES string of the molecule is C=CCNC(=NCCn1cnnc1CC)N(C)Cc1ccc(OC(F)F)cc1.I. The van der Waals surface area contributed by atoms with Gasteiger partial charge in [0.2, 0.25) is 0 Å². The van der Waals surface area contributed by atoms with E-state index in [-0.39, 0.29) is 29.7 Å². The fraction of sp³-hybridized carbons (Fsp3) is 0.421. The molecule has 160 valence electrons. The Bertz CT molecular complexity index is 766. The molecule has 0 aliphatic carbocycles. The topological polar surface area (TPSA) is 67.6 Å². The Labute approximate surface area is 186 Å². The monoisotopic (exact) mass is 520 g/mol. The molecule has 0 saturated heterocycles. The molecular weight excluding hydrogens is 493 g/mol. The number of guanidine groups is 1. The third kappa shape index (κ3) is 8.34. The summed E-state index contributed by atoms with van der Waals surface area (Å²) in [5, 5.41) is 11.2. The highest BCUT2D eigenvalue weighted by Gasteiger charge is 2.09. The number of aromatic nitrogens is 3. The molecule has 0 atom stereocenters. The number of nitrogens with one attached hydrogen (secondary N) is 1. The molecule has 29 heavy (non-hydrogen) atoms. The summed E-state index contributed by atoms with van der Waals surface area (Å²) < 4.78 is 30.9. The summed E-state index contributed by atoms with van der Waals surface area (Å²) in [5.41, 5.74) is 0.948. The summed E-state index contributed by atoms with van der Waals surface area (Å²) in [6.07, 6.45) is 4.28. The molecule has 0 fully saturated rings. The van der Waals surface area contributed by atoms with Crippen LogP contribution in [0, 0.1) is 0 Å². The van der Waals surface area contributed by atoms with Crippen LogP contribution in [0.1, 0.15) is 18.3 Å². The molecule has 7 nitrogen and oxygen atoms in total. The number of aryl methyl sites for hydroxylation is 1. The summed E-state index contributed by atoms with van der Waals surface area (Å²) in [6, 6.07) is 6.57. The van der Waals surface area contributed by atoms with Crippen LogP contribution in [0.3, 0.4) is 0 Å². The first-order chi connectivity index (χ1) is 13.5. The lowest BCUT2D eigenvalue weighted by atomic mass is 10.2. The van der Waals surface area contributed by atoms with Gasteiger partial charge < -0.3 is 19.5 Å². The molecule has 1 N–H and O–H groups in total. The zero-order valence-electron chi connectivity index (χ0n) is 16.6. The van der Waals surface area contributed by atoms with Gasteiger partial charge in [-0.3, -0.25) is 4.99 Å². The van der Waals surface area contributed by atoms with E-state index in [1.807, 2.05) is 23.4 Å².